The van der Waals surface area contributed by atoms with Crippen molar-refractivity contribution in [2.45, 2.75) is 19.4 Å². The van der Waals surface area contributed by atoms with Crippen molar-refractivity contribution in [2.75, 3.05) is 13.1 Å². The van der Waals surface area contributed by atoms with Crippen LogP contribution in [0.1, 0.15) is 39.3 Å². The van der Waals surface area contributed by atoms with Crippen molar-refractivity contribution in [2.24, 2.45) is 7.05 Å². The zero-order chi connectivity index (χ0) is 17.1. The summed E-state index contributed by atoms with van der Waals surface area (Å²) in [4.78, 5) is 25.7. The van der Waals surface area contributed by atoms with Crippen LogP contribution < -0.4 is 4.74 Å². The van der Waals surface area contributed by atoms with Crippen LogP contribution >= 0.6 is 0 Å². The van der Waals surface area contributed by atoms with E-state index in [2.05, 4.69) is 0 Å². The third kappa shape index (κ3) is 2.99. The van der Waals surface area contributed by atoms with Gasteiger partial charge in [-0.1, -0.05) is 6.07 Å². The minimum atomic E-state index is -0.121. The van der Waals surface area contributed by atoms with Crippen molar-refractivity contribution in [3.8, 4) is 11.5 Å². The monoisotopic (exact) mass is 328 g/mol. The van der Waals surface area contributed by atoms with E-state index in [1.54, 1.807) is 16.7 Å². The van der Waals surface area contributed by atoms with E-state index in [0.29, 0.717) is 17.7 Å². The fraction of sp³-hybridized carbons (Fsp3) is 0.333. The van der Waals surface area contributed by atoms with Gasteiger partial charge in [0.2, 0.25) is 0 Å². The number of aryl methyl sites for hydroxylation is 1. The number of aromatic nitrogens is 1. The van der Waals surface area contributed by atoms with Gasteiger partial charge in [0.05, 0.1) is 5.56 Å². The Morgan fingerprint density at radius 1 is 1.29 bits per heavy atom. The molecular formula is C18H20N2O4. The Balaban J connectivity index is 1.80. The number of rotatable bonds is 5. The number of nitrogens with zero attached hydrogens (tertiary/aromatic N) is 2. The number of ether oxygens (including phenoxy) is 1. The van der Waals surface area contributed by atoms with E-state index in [9.17, 15) is 14.7 Å². The number of carbonyl (C=O) groups is 2. The number of aldehydes is 1. The Hall–Kier alpha value is -2.76. The molecule has 0 spiro atoms. The molecule has 3 rings (SSSR count). The molecule has 6 nitrogen and oxygen atoms in total. The molecule has 1 saturated heterocycles. The molecule has 1 aliphatic heterocycles. The van der Waals surface area contributed by atoms with E-state index in [0.717, 1.165) is 31.5 Å². The fourth-order valence-corrected chi connectivity index (χ4v) is 2.99. The topological polar surface area (TPSA) is 71.8 Å². The van der Waals surface area contributed by atoms with Crippen LogP contribution in [0.2, 0.25) is 0 Å². The van der Waals surface area contributed by atoms with Gasteiger partial charge in [-0.2, -0.15) is 0 Å². The lowest BCUT2D eigenvalue weighted by Crippen LogP contribution is -2.30. The lowest BCUT2D eigenvalue weighted by molar-refractivity contribution is 0.0780. The van der Waals surface area contributed by atoms with Crippen molar-refractivity contribution in [3.63, 3.8) is 0 Å². The highest BCUT2D eigenvalue weighted by Gasteiger charge is 2.24. The number of hydrogen-bond donors (Lipinski definition) is 1. The molecule has 1 aromatic heterocycles. The molecule has 24 heavy (non-hydrogen) atoms. The van der Waals surface area contributed by atoms with Crippen molar-refractivity contribution < 1.29 is 19.4 Å². The summed E-state index contributed by atoms with van der Waals surface area (Å²) in [5.41, 5.74) is 1.47. The SMILES string of the molecule is Cn1ccc(COc2cccc(O)c2C=O)c1C(=O)N1CCCC1. The molecule has 1 aromatic carbocycles. The highest BCUT2D eigenvalue weighted by atomic mass is 16.5. The van der Waals surface area contributed by atoms with Crippen LogP contribution in [0.25, 0.3) is 0 Å². The number of hydrogen-bond acceptors (Lipinski definition) is 4. The minimum absolute atomic E-state index is 0.00474. The summed E-state index contributed by atoms with van der Waals surface area (Å²) in [6, 6.07) is 6.50. The zero-order valence-corrected chi connectivity index (χ0v) is 13.6. The minimum Gasteiger partial charge on any atom is -0.507 e. The Morgan fingerprint density at radius 3 is 2.75 bits per heavy atom. The standard InChI is InChI=1S/C18H20N2O4/c1-19-10-7-13(17(19)18(23)20-8-2-3-9-20)12-24-16-6-4-5-15(22)14(16)11-21/h4-7,10-11,22H,2-3,8-9,12H2,1H3. The molecule has 0 unspecified atom stereocenters. The van der Waals surface area contributed by atoms with Gasteiger partial charge in [0.15, 0.2) is 6.29 Å². The summed E-state index contributed by atoms with van der Waals surface area (Å²) in [5, 5.41) is 9.70. The number of benzene rings is 1. The highest BCUT2D eigenvalue weighted by Crippen LogP contribution is 2.27. The molecule has 0 radical (unpaired) electrons. The zero-order valence-electron chi connectivity index (χ0n) is 13.6. The Morgan fingerprint density at radius 2 is 2.04 bits per heavy atom. The second-order valence-corrected chi connectivity index (χ2v) is 5.90. The van der Waals surface area contributed by atoms with Gasteiger partial charge in [0, 0.05) is 31.9 Å². The van der Waals surface area contributed by atoms with Crippen molar-refractivity contribution >= 4 is 12.2 Å². The van der Waals surface area contributed by atoms with Gasteiger partial charge >= 0.3 is 0 Å². The van der Waals surface area contributed by atoms with Crippen molar-refractivity contribution in [1.29, 1.82) is 0 Å². The predicted molar refractivity (Wildman–Crippen MR) is 88.4 cm³/mol. The number of carbonyl (C=O) groups excluding carboxylic acids is 2. The first-order chi connectivity index (χ1) is 11.6. The fourth-order valence-electron chi connectivity index (χ4n) is 2.99. The van der Waals surface area contributed by atoms with Crippen LogP contribution in [0.5, 0.6) is 11.5 Å². The van der Waals surface area contributed by atoms with Crippen molar-refractivity contribution in [3.05, 3.63) is 47.3 Å². The third-order valence-electron chi connectivity index (χ3n) is 4.30. The van der Waals surface area contributed by atoms with Crippen LogP contribution in [-0.2, 0) is 13.7 Å². The third-order valence-corrected chi connectivity index (χ3v) is 4.30. The van der Waals surface area contributed by atoms with Crippen LogP contribution in [0, 0.1) is 0 Å². The molecule has 0 saturated carbocycles. The largest absolute Gasteiger partial charge is 0.507 e. The first kappa shape index (κ1) is 16.1. The maximum Gasteiger partial charge on any atom is 0.270 e. The maximum atomic E-state index is 12.7. The van der Waals surface area contributed by atoms with E-state index in [4.69, 9.17) is 4.74 Å². The molecule has 6 heteroatoms. The quantitative estimate of drug-likeness (QED) is 0.855. The lowest BCUT2D eigenvalue weighted by Gasteiger charge is -2.17. The van der Waals surface area contributed by atoms with Gasteiger partial charge in [-0.15, -0.1) is 0 Å². The Kier molecular flexibility index (Phi) is 4.55. The van der Waals surface area contributed by atoms with Gasteiger partial charge in [0.25, 0.3) is 5.91 Å². The summed E-state index contributed by atoms with van der Waals surface area (Å²) in [7, 11) is 1.83. The van der Waals surface area contributed by atoms with Gasteiger partial charge < -0.3 is 19.3 Å². The van der Waals surface area contributed by atoms with Crippen molar-refractivity contribution in [1.82, 2.24) is 9.47 Å². The molecule has 1 amide bonds. The second-order valence-electron chi connectivity index (χ2n) is 5.90. The Labute approximate surface area is 140 Å². The van der Waals surface area contributed by atoms with Gasteiger partial charge in [-0.25, -0.2) is 0 Å². The summed E-state index contributed by atoms with van der Waals surface area (Å²) >= 11 is 0. The molecular weight excluding hydrogens is 308 g/mol. The molecule has 0 atom stereocenters. The van der Waals surface area contributed by atoms with Crippen LogP contribution in [0.4, 0.5) is 0 Å². The smallest absolute Gasteiger partial charge is 0.270 e. The van der Waals surface area contributed by atoms with E-state index >= 15 is 0 Å². The van der Waals surface area contributed by atoms with E-state index in [1.165, 1.54) is 6.07 Å². The molecule has 0 bridgehead atoms. The Bertz CT molecular complexity index is 760. The van der Waals surface area contributed by atoms with Gasteiger partial charge in [0.1, 0.15) is 23.8 Å². The summed E-state index contributed by atoms with van der Waals surface area (Å²) in [5.74, 6) is 0.183. The molecule has 1 N–H and O–H groups in total. The van der Waals surface area contributed by atoms with E-state index in [1.807, 2.05) is 24.2 Å². The van der Waals surface area contributed by atoms with Gasteiger partial charge in [-0.05, 0) is 31.0 Å². The molecule has 126 valence electrons. The van der Waals surface area contributed by atoms with E-state index < -0.39 is 0 Å². The van der Waals surface area contributed by atoms with Crippen LogP contribution in [-0.4, -0.2) is 39.9 Å². The number of amides is 1. The number of phenols is 1. The number of likely N-dealkylation sites (tertiary alicyclic amines) is 1. The molecule has 2 aromatic rings. The van der Waals surface area contributed by atoms with Gasteiger partial charge in [-0.3, -0.25) is 9.59 Å². The average molecular weight is 328 g/mol. The predicted octanol–water partition coefficient (Wildman–Crippen LogP) is 2.36. The maximum absolute atomic E-state index is 12.7. The first-order valence-corrected chi connectivity index (χ1v) is 7.95. The lowest BCUT2D eigenvalue weighted by atomic mass is 10.2. The molecule has 0 aliphatic carbocycles. The van der Waals surface area contributed by atoms with Crippen LogP contribution in [0.3, 0.4) is 0 Å². The summed E-state index contributed by atoms with van der Waals surface area (Å²) < 4.78 is 7.48. The number of phenolic OH excluding ortho intramolecular Hbond substituents is 1. The summed E-state index contributed by atoms with van der Waals surface area (Å²) in [6.45, 7) is 1.72. The normalized spacial score (nSPS) is 14.0. The second kappa shape index (κ2) is 6.78. The van der Waals surface area contributed by atoms with E-state index in [-0.39, 0.29) is 23.8 Å². The molecule has 2 heterocycles. The highest BCUT2D eigenvalue weighted by molar-refractivity contribution is 5.94. The molecule has 1 fully saturated rings. The first-order valence-electron chi connectivity index (χ1n) is 7.95. The summed E-state index contributed by atoms with van der Waals surface area (Å²) in [6.07, 6.45) is 4.46. The molecule has 1 aliphatic rings. The van der Waals surface area contributed by atoms with Crippen LogP contribution in [0.15, 0.2) is 30.5 Å². The average Bonchev–Trinajstić information content (AvgIpc) is 3.22. The number of aromatic hydroxyl groups is 1.